The van der Waals surface area contributed by atoms with E-state index < -0.39 is 0 Å². The van der Waals surface area contributed by atoms with Gasteiger partial charge in [-0.05, 0) is 18.6 Å². The van der Waals surface area contributed by atoms with Gasteiger partial charge in [-0.25, -0.2) is 9.78 Å². The summed E-state index contributed by atoms with van der Waals surface area (Å²) < 4.78 is 5.16. The number of hydrogen-bond acceptors (Lipinski definition) is 4. The number of H-pyrrole nitrogens is 1. The molecule has 0 unspecified atom stereocenters. The van der Waals surface area contributed by atoms with E-state index in [1.807, 2.05) is 6.07 Å². The second-order valence-electron chi connectivity index (χ2n) is 4.88. The highest BCUT2D eigenvalue weighted by atomic mass is 16.4. The summed E-state index contributed by atoms with van der Waals surface area (Å²) in [5, 5.41) is 4.16. The van der Waals surface area contributed by atoms with Gasteiger partial charge >= 0.3 is 5.63 Å². The van der Waals surface area contributed by atoms with Crippen molar-refractivity contribution in [2.24, 2.45) is 0 Å². The van der Waals surface area contributed by atoms with Gasteiger partial charge < -0.3 is 14.7 Å². The van der Waals surface area contributed by atoms with Gasteiger partial charge in [0.2, 0.25) is 5.95 Å². The van der Waals surface area contributed by atoms with Crippen molar-refractivity contribution in [1.82, 2.24) is 9.97 Å². The molecule has 2 N–H and O–H groups in total. The Hall–Kier alpha value is -2.30. The van der Waals surface area contributed by atoms with Gasteiger partial charge in [-0.3, -0.25) is 0 Å². The van der Waals surface area contributed by atoms with Crippen molar-refractivity contribution in [3.05, 3.63) is 34.7 Å². The molecule has 3 aromatic rings. The Morgan fingerprint density at radius 3 is 3.05 bits per heavy atom. The van der Waals surface area contributed by atoms with Gasteiger partial charge in [0.1, 0.15) is 5.58 Å². The minimum absolute atomic E-state index is 0.342. The number of unbranched alkanes of at least 4 members (excludes halogenated alkanes) is 2. The van der Waals surface area contributed by atoms with Crippen LogP contribution in [0.2, 0.25) is 0 Å². The normalized spacial score (nSPS) is 11.2. The van der Waals surface area contributed by atoms with Crippen molar-refractivity contribution in [2.45, 2.75) is 26.2 Å². The predicted molar refractivity (Wildman–Crippen MR) is 80.2 cm³/mol. The van der Waals surface area contributed by atoms with E-state index in [1.54, 1.807) is 12.1 Å². The summed E-state index contributed by atoms with van der Waals surface area (Å²) in [7, 11) is 0. The molecule has 0 fully saturated rings. The first kappa shape index (κ1) is 12.7. The van der Waals surface area contributed by atoms with Crippen LogP contribution in [0, 0.1) is 0 Å². The highest BCUT2D eigenvalue weighted by molar-refractivity contribution is 5.92. The van der Waals surface area contributed by atoms with E-state index in [4.69, 9.17) is 4.42 Å². The summed E-state index contributed by atoms with van der Waals surface area (Å²) in [5.41, 5.74) is 1.95. The molecule has 0 aliphatic carbocycles. The van der Waals surface area contributed by atoms with Crippen LogP contribution in [0.1, 0.15) is 26.2 Å². The minimum atomic E-state index is -0.342. The second kappa shape index (κ2) is 5.36. The van der Waals surface area contributed by atoms with Gasteiger partial charge in [-0.2, -0.15) is 0 Å². The number of rotatable bonds is 5. The molecule has 1 aromatic carbocycles. The monoisotopic (exact) mass is 271 g/mol. The van der Waals surface area contributed by atoms with E-state index in [1.165, 1.54) is 18.9 Å². The lowest BCUT2D eigenvalue weighted by Crippen LogP contribution is -2.02. The van der Waals surface area contributed by atoms with Gasteiger partial charge in [0.15, 0.2) is 0 Å². The predicted octanol–water partition coefficient (Wildman–Crippen LogP) is 3.27. The zero-order valence-electron chi connectivity index (χ0n) is 11.4. The zero-order chi connectivity index (χ0) is 13.9. The molecular weight excluding hydrogens is 254 g/mol. The van der Waals surface area contributed by atoms with Crippen LogP contribution in [0.25, 0.3) is 22.0 Å². The maximum absolute atomic E-state index is 11.2. The second-order valence-corrected chi connectivity index (χ2v) is 4.88. The molecule has 2 aromatic heterocycles. The molecule has 0 saturated heterocycles. The van der Waals surface area contributed by atoms with E-state index in [2.05, 4.69) is 22.2 Å². The minimum Gasteiger partial charge on any atom is -0.423 e. The lowest BCUT2D eigenvalue weighted by atomic mass is 10.2. The third-order valence-corrected chi connectivity index (χ3v) is 3.30. The Morgan fingerprint density at radius 1 is 1.30 bits per heavy atom. The first-order chi connectivity index (χ1) is 9.76. The number of anilines is 1. The topological polar surface area (TPSA) is 70.9 Å². The van der Waals surface area contributed by atoms with E-state index in [0.717, 1.165) is 35.3 Å². The number of aromatic amines is 1. The van der Waals surface area contributed by atoms with Crippen LogP contribution >= 0.6 is 0 Å². The molecule has 0 spiro atoms. The van der Waals surface area contributed by atoms with Crippen molar-refractivity contribution in [3.8, 4) is 0 Å². The van der Waals surface area contributed by atoms with Crippen molar-refractivity contribution >= 4 is 28.0 Å². The number of imidazole rings is 1. The summed E-state index contributed by atoms with van der Waals surface area (Å²) in [6.07, 6.45) is 3.54. The number of nitrogens with one attached hydrogen (secondary N) is 2. The van der Waals surface area contributed by atoms with Crippen LogP contribution in [-0.2, 0) is 0 Å². The molecule has 0 amide bonds. The SMILES string of the molecule is CCCCCNc1nc2cc3oc(=O)ccc3cc2[nH]1. The maximum atomic E-state index is 11.2. The summed E-state index contributed by atoms with van der Waals surface area (Å²) in [5.74, 6) is 0.758. The highest BCUT2D eigenvalue weighted by Crippen LogP contribution is 2.21. The van der Waals surface area contributed by atoms with E-state index in [9.17, 15) is 4.79 Å². The molecule has 0 bridgehead atoms. The summed E-state index contributed by atoms with van der Waals surface area (Å²) >= 11 is 0. The Kier molecular flexibility index (Phi) is 3.41. The number of benzene rings is 1. The van der Waals surface area contributed by atoms with Crippen molar-refractivity contribution in [2.75, 3.05) is 11.9 Å². The van der Waals surface area contributed by atoms with Gasteiger partial charge in [0.05, 0.1) is 11.0 Å². The summed E-state index contributed by atoms with van der Waals surface area (Å²) in [6, 6.07) is 6.92. The number of hydrogen-bond donors (Lipinski definition) is 2. The largest absolute Gasteiger partial charge is 0.423 e. The van der Waals surface area contributed by atoms with Gasteiger partial charge in [0, 0.05) is 24.1 Å². The molecule has 104 valence electrons. The molecular formula is C15H17N3O2. The van der Waals surface area contributed by atoms with Gasteiger partial charge in [-0.15, -0.1) is 0 Å². The first-order valence-corrected chi connectivity index (χ1v) is 6.94. The number of fused-ring (bicyclic) bond motifs is 2. The Bertz CT molecular complexity index is 789. The highest BCUT2D eigenvalue weighted by Gasteiger charge is 2.05. The van der Waals surface area contributed by atoms with Crippen molar-refractivity contribution < 1.29 is 4.42 Å². The van der Waals surface area contributed by atoms with E-state index in [0.29, 0.717) is 5.58 Å². The molecule has 3 rings (SSSR count). The molecule has 0 aliphatic heterocycles. The van der Waals surface area contributed by atoms with Crippen LogP contribution in [0.3, 0.4) is 0 Å². The van der Waals surface area contributed by atoms with Gasteiger partial charge in [0.25, 0.3) is 0 Å². The van der Waals surface area contributed by atoms with Crippen LogP contribution < -0.4 is 10.9 Å². The molecule has 0 aliphatic rings. The lowest BCUT2D eigenvalue weighted by Gasteiger charge is -2.00. The van der Waals surface area contributed by atoms with E-state index in [-0.39, 0.29) is 5.63 Å². The Labute approximate surface area is 116 Å². The van der Waals surface area contributed by atoms with Crippen LogP contribution in [0.5, 0.6) is 0 Å². The first-order valence-electron chi connectivity index (χ1n) is 6.94. The van der Waals surface area contributed by atoms with Crippen molar-refractivity contribution in [3.63, 3.8) is 0 Å². The zero-order valence-corrected chi connectivity index (χ0v) is 11.4. The van der Waals surface area contributed by atoms with Crippen molar-refractivity contribution in [1.29, 1.82) is 0 Å². The molecule has 2 heterocycles. The number of nitrogens with zero attached hydrogens (tertiary/aromatic N) is 1. The fourth-order valence-corrected chi connectivity index (χ4v) is 2.24. The molecule has 0 atom stereocenters. The fourth-order valence-electron chi connectivity index (χ4n) is 2.24. The quantitative estimate of drug-likeness (QED) is 0.552. The van der Waals surface area contributed by atoms with Crippen LogP contribution in [0.4, 0.5) is 5.95 Å². The smallest absolute Gasteiger partial charge is 0.336 e. The Morgan fingerprint density at radius 2 is 2.20 bits per heavy atom. The van der Waals surface area contributed by atoms with E-state index >= 15 is 0 Å². The third kappa shape index (κ3) is 2.52. The molecule has 20 heavy (non-hydrogen) atoms. The average molecular weight is 271 g/mol. The van der Waals surface area contributed by atoms with Crippen LogP contribution in [-0.4, -0.2) is 16.5 Å². The molecule has 5 nitrogen and oxygen atoms in total. The third-order valence-electron chi connectivity index (χ3n) is 3.30. The molecule has 0 saturated carbocycles. The number of aromatic nitrogens is 2. The molecule has 0 radical (unpaired) electrons. The Balaban J connectivity index is 1.90. The van der Waals surface area contributed by atoms with Crippen LogP contribution in [0.15, 0.2) is 33.5 Å². The summed E-state index contributed by atoms with van der Waals surface area (Å²) in [4.78, 5) is 18.9. The average Bonchev–Trinajstić information content (AvgIpc) is 2.82. The standard InChI is InChI=1S/C15H17N3O2/c1-2-3-4-7-16-15-17-11-8-10-5-6-14(19)20-13(10)9-12(11)18-15/h5-6,8-9H,2-4,7H2,1H3,(H2,16,17,18). The summed E-state index contributed by atoms with van der Waals surface area (Å²) in [6.45, 7) is 3.09. The molecule has 5 heteroatoms. The fraction of sp³-hybridized carbons (Fsp3) is 0.333. The van der Waals surface area contributed by atoms with Gasteiger partial charge in [-0.1, -0.05) is 19.8 Å². The maximum Gasteiger partial charge on any atom is 0.336 e. The lowest BCUT2D eigenvalue weighted by molar-refractivity contribution is 0.561.